The van der Waals surface area contributed by atoms with Gasteiger partial charge in [0.25, 0.3) is 5.91 Å². The molecule has 1 aromatic carbocycles. The van der Waals surface area contributed by atoms with Crippen molar-refractivity contribution in [2.75, 3.05) is 31.6 Å². The van der Waals surface area contributed by atoms with Crippen molar-refractivity contribution in [2.24, 2.45) is 5.41 Å². The van der Waals surface area contributed by atoms with Crippen LogP contribution in [0, 0.1) is 5.41 Å². The van der Waals surface area contributed by atoms with Crippen molar-refractivity contribution in [3.8, 4) is 5.75 Å². The zero-order valence-corrected chi connectivity index (χ0v) is 21.0. The first kappa shape index (κ1) is 25.8. The quantitative estimate of drug-likeness (QED) is 0.447. The Morgan fingerprint density at radius 2 is 2.00 bits per heavy atom. The summed E-state index contributed by atoms with van der Waals surface area (Å²) in [4.78, 5) is 31.8. The number of amides is 2. The maximum Gasteiger partial charge on any atom is 0.254 e. The molecule has 0 unspecified atom stereocenters. The zero-order valence-electron chi connectivity index (χ0n) is 20.3. The Kier molecular flexibility index (Phi) is 9.16. The number of anilines is 1. The Balaban J connectivity index is 1.58. The molecule has 0 spiro atoms. The average molecular weight is 487 g/mol. The molecule has 0 saturated heterocycles. The van der Waals surface area contributed by atoms with Crippen molar-refractivity contribution < 1.29 is 14.3 Å². The van der Waals surface area contributed by atoms with Crippen LogP contribution in [-0.2, 0) is 4.79 Å². The Morgan fingerprint density at radius 3 is 2.65 bits per heavy atom. The summed E-state index contributed by atoms with van der Waals surface area (Å²) in [6.07, 6.45) is 5.01. The minimum atomic E-state index is -0.118. The molecule has 1 aliphatic rings. The van der Waals surface area contributed by atoms with Gasteiger partial charge in [0.05, 0.1) is 6.54 Å². The normalized spacial score (nSPS) is 13.6. The van der Waals surface area contributed by atoms with Crippen LogP contribution in [0.15, 0.2) is 42.6 Å². The maximum atomic E-state index is 13.4. The average Bonchev–Trinajstić information content (AvgIpc) is 2.76. The SMILES string of the molecule is CC(C)(C)CNC(=O)CCN(C(=O)c1cc(Cl)cc(OCCNc2ccccn2)c1)C1CCC1. The molecule has 8 heteroatoms. The van der Waals surface area contributed by atoms with E-state index in [4.69, 9.17) is 16.3 Å². The van der Waals surface area contributed by atoms with Crippen molar-refractivity contribution in [2.45, 2.75) is 52.5 Å². The summed E-state index contributed by atoms with van der Waals surface area (Å²) in [5.41, 5.74) is 0.492. The molecular formula is C26H35ClN4O3. The van der Waals surface area contributed by atoms with Crippen LogP contribution in [0.3, 0.4) is 0 Å². The number of aromatic nitrogens is 1. The number of carbonyl (C=O) groups is 2. The molecule has 34 heavy (non-hydrogen) atoms. The molecule has 0 bridgehead atoms. The molecule has 184 valence electrons. The number of hydrogen-bond donors (Lipinski definition) is 2. The van der Waals surface area contributed by atoms with Gasteiger partial charge in [-0.1, -0.05) is 38.4 Å². The van der Waals surface area contributed by atoms with Gasteiger partial charge in [-0.05, 0) is 55.0 Å². The maximum absolute atomic E-state index is 13.4. The number of ether oxygens (including phenoxy) is 1. The third kappa shape index (κ3) is 8.20. The van der Waals surface area contributed by atoms with E-state index in [1.54, 1.807) is 24.4 Å². The molecular weight excluding hydrogens is 452 g/mol. The van der Waals surface area contributed by atoms with Gasteiger partial charge in [0, 0.05) is 42.3 Å². The number of hydrogen-bond acceptors (Lipinski definition) is 5. The fraction of sp³-hybridized carbons (Fsp3) is 0.500. The summed E-state index contributed by atoms with van der Waals surface area (Å²) in [6.45, 7) is 8.17. The molecule has 1 aliphatic carbocycles. The van der Waals surface area contributed by atoms with Gasteiger partial charge in [0.2, 0.25) is 5.91 Å². The summed E-state index contributed by atoms with van der Waals surface area (Å²) in [7, 11) is 0. The third-order valence-corrected chi connectivity index (χ3v) is 5.85. The number of benzene rings is 1. The first-order chi connectivity index (χ1) is 16.2. The fourth-order valence-corrected chi connectivity index (χ4v) is 3.80. The molecule has 1 fully saturated rings. The molecule has 0 atom stereocenters. The van der Waals surface area contributed by atoms with Crippen LogP contribution >= 0.6 is 11.6 Å². The first-order valence-corrected chi connectivity index (χ1v) is 12.2. The van der Waals surface area contributed by atoms with Gasteiger partial charge in [-0.2, -0.15) is 0 Å². The van der Waals surface area contributed by atoms with Gasteiger partial charge in [-0.3, -0.25) is 9.59 Å². The second kappa shape index (κ2) is 12.1. The van der Waals surface area contributed by atoms with Gasteiger partial charge in [0.1, 0.15) is 18.2 Å². The van der Waals surface area contributed by atoms with Crippen LogP contribution in [0.25, 0.3) is 0 Å². The van der Waals surface area contributed by atoms with E-state index in [-0.39, 0.29) is 29.7 Å². The molecule has 7 nitrogen and oxygen atoms in total. The van der Waals surface area contributed by atoms with E-state index in [1.807, 2.05) is 23.1 Å². The number of carbonyl (C=O) groups excluding carboxylic acids is 2. The Bertz CT molecular complexity index is 958. The van der Waals surface area contributed by atoms with Crippen LogP contribution in [-0.4, -0.2) is 54.0 Å². The highest BCUT2D eigenvalue weighted by Crippen LogP contribution is 2.28. The predicted octanol–water partition coefficient (Wildman–Crippen LogP) is 4.77. The largest absolute Gasteiger partial charge is 0.492 e. The smallest absolute Gasteiger partial charge is 0.254 e. The van der Waals surface area contributed by atoms with Crippen LogP contribution in [0.1, 0.15) is 56.8 Å². The zero-order chi connectivity index (χ0) is 24.6. The third-order valence-electron chi connectivity index (χ3n) is 5.63. The lowest BCUT2D eigenvalue weighted by molar-refractivity contribution is -0.121. The number of nitrogens with zero attached hydrogens (tertiary/aromatic N) is 2. The summed E-state index contributed by atoms with van der Waals surface area (Å²) in [6, 6.07) is 10.9. The van der Waals surface area contributed by atoms with E-state index in [2.05, 4.69) is 36.4 Å². The lowest BCUT2D eigenvalue weighted by atomic mass is 9.90. The molecule has 3 rings (SSSR count). The molecule has 1 saturated carbocycles. The number of halogens is 1. The van der Waals surface area contributed by atoms with Crippen molar-refractivity contribution >= 4 is 29.2 Å². The molecule has 1 aromatic heterocycles. The van der Waals surface area contributed by atoms with Gasteiger partial charge in [0.15, 0.2) is 0 Å². The number of pyridine rings is 1. The van der Waals surface area contributed by atoms with E-state index < -0.39 is 0 Å². The highest BCUT2D eigenvalue weighted by Gasteiger charge is 2.30. The van der Waals surface area contributed by atoms with Gasteiger partial charge in [-0.25, -0.2) is 4.98 Å². The minimum absolute atomic E-state index is 0.0173. The summed E-state index contributed by atoms with van der Waals surface area (Å²) >= 11 is 6.31. The van der Waals surface area contributed by atoms with E-state index in [9.17, 15) is 9.59 Å². The fourth-order valence-electron chi connectivity index (χ4n) is 3.57. The lowest BCUT2D eigenvalue weighted by Gasteiger charge is -2.37. The predicted molar refractivity (Wildman–Crippen MR) is 135 cm³/mol. The first-order valence-electron chi connectivity index (χ1n) is 11.9. The van der Waals surface area contributed by atoms with Gasteiger partial charge >= 0.3 is 0 Å². The van der Waals surface area contributed by atoms with Crippen molar-refractivity contribution in [3.05, 3.63) is 53.2 Å². The molecule has 2 amide bonds. The Hall–Kier alpha value is -2.80. The Labute approximate surface area is 207 Å². The molecule has 0 radical (unpaired) electrons. The second-order valence-corrected chi connectivity index (χ2v) is 10.3. The van der Waals surface area contributed by atoms with Gasteiger partial charge in [-0.15, -0.1) is 0 Å². The molecule has 0 aliphatic heterocycles. The van der Waals surface area contributed by atoms with Crippen molar-refractivity contribution in [1.82, 2.24) is 15.2 Å². The second-order valence-electron chi connectivity index (χ2n) is 9.84. The highest BCUT2D eigenvalue weighted by molar-refractivity contribution is 6.31. The highest BCUT2D eigenvalue weighted by atomic mass is 35.5. The van der Waals surface area contributed by atoms with Crippen LogP contribution in [0.4, 0.5) is 5.82 Å². The monoisotopic (exact) mass is 486 g/mol. The summed E-state index contributed by atoms with van der Waals surface area (Å²) < 4.78 is 5.83. The van der Waals surface area contributed by atoms with E-state index in [0.717, 1.165) is 25.1 Å². The standard InChI is InChI=1S/C26H35ClN4O3/c1-26(2,3)18-30-24(32)10-13-31(21-7-6-8-21)25(33)19-15-20(27)17-22(16-19)34-14-12-29-23-9-4-5-11-28-23/h4-5,9,11,15-17,21H,6-8,10,12-14,18H2,1-3H3,(H,28,29)(H,30,32). The molecule has 2 aromatic rings. The van der Waals surface area contributed by atoms with Crippen molar-refractivity contribution in [3.63, 3.8) is 0 Å². The van der Waals surface area contributed by atoms with Crippen molar-refractivity contribution in [1.29, 1.82) is 0 Å². The molecule has 1 heterocycles. The topological polar surface area (TPSA) is 83.6 Å². The van der Waals surface area contributed by atoms with E-state index in [0.29, 0.717) is 42.6 Å². The van der Waals surface area contributed by atoms with Crippen LogP contribution in [0.5, 0.6) is 5.75 Å². The molecule has 2 N–H and O–H groups in total. The van der Waals surface area contributed by atoms with E-state index in [1.165, 1.54) is 0 Å². The summed E-state index contributed by atoms with van der Waals surface area (Å²) in [5.74, 6) is 1.15. The lowest BCUT2D eigenvalue weighted by Crippen LogP contribution is -2.46. The minimum Gasteiger partial charge on any atom is -0.492 e. The van der Waals surface area contributed by atoms with Crippen LogP contribution < -0.4 is 15.4 Å². The number of rotatable bonds is 11. The van der Waals surface area contributed by atoms with Crippen LogP contribution in [0.2, 0.25) is 5.02 Å². The Morgan fingerprint density at radius 1 is 1.21 bits per heavy atom. The van der Waals surface area contributed by atoms with Gasteiger partial charge < -0.3 is 20.3 Å². The number of nitrogens with one attached hydrogen (secondary N) is 2. The van der Waals surface area contributed by atoms with E-state index >= 15 is 0 Å². The summed E-state index contributed by atoms with van der Waals surface area (Å²) in [5, 5.41) is 6.58.